The summed E-state index contributed by atoms with van der Waals surface area (Å²) in [7, 11) is 0. The van der Waals surface area contributed by atoms with Crippen LogP contribution in [0.2, 0.25) is 0 Å². The Morgan fingerprint density at radius 2 is 2.10 bits per heavy atom. The number of aromatic nitrogens is 3. The number of aryl methyl sites for hydroxylation is 2. The Balaban J connectivity index is 2.10. The lowest BCUT2D eigenvalue weighted by molar-refractivity contribution is -0.697. The molecule has 3 nitrogen and oxygen atoms in total. The van der Waals surface area contributed by atoms with E-state index in [2.05, 4.69) is 81.0 Å². The second-order valence-electron chi connectivity index (χ2n) is 5.09. The smallest absolute Gasteiger partial charge is 0.183 e. The Hall–Kier alpha value is -1.68. The number of rotatable bonds is 3. The third kappa shape index (κ3) is 2.61. The van der Waals surface area contributed by atoms with Gasteiger partial charge in [0.1, 0.15) is 12.4 Å². The first kappa shape index (κ1) is 13.3. The van der Waals surface area contributed by atoms with E-state index in [0.29, 0.717) is 0 Å². The number of imidazole rings is 1. The highest BCUT2D eigenvalue weighted by atomic mass is 79.9. The van der Waals surface area contributed by atoms with Gasteiger partial charge in [-0.2, -0.15) is 0 Å². The van der Waals surface area contributed by atoms with Crippen molar-refractivity contribution in [3.63, 3.8) is 0 Å². The van der Waals surface area contributed by atoms with Crippen LogP contribution in [0.5, 0.6) is 0 Å². The van der Waals surface area contributed by atoms with Gasteiger partial charge in [-0.3, -0.25) is 0 Å². The molecule has 102 valence electrons. The number of aromatic amines is 1. The van der Waals surface area contributed by atoms with E-state index < -0.39 is 0 Å². The maximum atomic E-state index is 4.68. The van der Waals surface area contributed by atoms with E-state index in [-0.39, 0.29) is 0 Å². The number of H-pyrrole nitrogens is 1. The van der Waals surface area contributed by atoms with Gasteiger partial charge in [-0.25, -0.2) is 9.55 Å². The van der Waals surface area contributed by atoms with Crippen LogP contribution in [-0.4, -0.2) is 9.97 Å². The van der Waals surface area contributed by atoms with Gasteiger partial charge in [-0.15, -0.1) is 0 Å². The molecule has 3 aromatic rings. The molecule has 0 unspecified atom stereocenters. The molecule has 3 rings (SSSR count). The van der Waals surface area contributed by atoms with Crippen LogP contribution in [0.25, 0.3) is 22.4 Å². The van der Waals surface area contributed by atoms with E-state index in [1.54, 1.807) is 0 Å². The van der Waals surface area contributed by atoms with E-state index >= 15 is 0 Å². The minimum Gasteiger partial charge on any atom is -0.338 e. The number of nitrogens with zero attached hydrogens (tertiary/aromatic N) is 2. The van der Waals surface area contributed by atoms with Gasteiger partial charge in [-0.1, -0.05) is 13.0 Å². The van der Waals surface area contributed by atoms with Gasteiger partial charge in [-0.05, 0) is 46.6 Å². The molecule has 0 saturated heterocycles. The highest BCUT2D eigenvalue weighted by Gasteiger charge is 2.11. The molecule has 0 aliphatic carbocycles. The molecule has 0 fully saturated rings. The molecule has 0 saturated carbocycles. The third-order valence-electron chi connectivity index (χ3n) is 3.28. The van der Waals surface area contributed by atoms with Crippen molar-refractivity contribution < 1.29 is 4.57 Å². The van der Waals surface area contributed by atoms with Crippen molar-refractivity contribution in [2.45, 2.75) is 26.8 Å². The maximum absolute atomic E-state index is 4.68. The first-order chi connectivity index (χ1) is 9.65. The average Bonchev–Trinajstić information content (AvgIpc) is 2.81. The summed E-state index contributed by atoms with van der Waals surface area (Å²) in [5.41, 5.74) is 4.43. The summed E-state index contributed by atoms with van der Waals surface area (Å²) in [6.07, 6.45) is 5.35. The molecule has 0 spiro atoms. The Bertz CT molecular complexity index is 762. The second-order valence-corrected chi connectivity index (χ2v) is 6.00. The van der Waals surface area contributed by atoms with Gasteiger partial charge in [0, 0.05) is 6.42 Å². The lowest BCUT2D eigenvalue weighted by atomic mass is 10.2. The molecular formula is C16H17BrN3+. The van der Waals surface area contributed by atoms with Crippen LogP contribution in [0.3, 0.4) is 0 Å². The van der Waals surface area contributed by atoms with E-state index in [1.165, 1.54) is 5.56 Å². The summed E-state index contributed by atoms with van der Waals surface area (Å²) < 4.78 is 3.26. The fourth-order valence-corrected chi connectivity index (χ4v) is 2.88. The summed E-state index contributed by atoms with van der Waals surface area (Å²) in [4.78, 5) is 8.08. The first-order valence-corrected chi connectivity index (χ1v) is 7.61. The molecular weight excluding hydrogens is 314 g/mol. The first-order valence-electron chi connectivity index (χ1n) is 6.82. The number of nitrogens with one attached hydrogen (secondary N) is 1. The molecule has 0 amide bonds. The minimum absolute atomic E-state index is 0.914. The Labute approximate surface area is 126 Å². The highest BCUT2D eigenvalue weighted by Crippen LogP contribution is 2.22. The van der Waals surface area contributed by atoms with Gasteiger partial charge in [0.05, 0.1) is 21.1 Å². The van der Waals surface area contributed by atoms with E-state index in [9.17, 15) is 0 Å². The van der Waals surface area contributed by atoms with Gasteiger partial charge in [0.25, 0.3) is 0 Å². The molecule has 0 bridgehead atoms. The van der Waals surface area contributed by atoms with Gasteiger partial charge >= 0.3 is 0 Å². The Kier molecular flexibility index (Phi) is 3.57. The molecule has 1 aromatic carbocycles. The topological polar surface area (TPSA) is 32.6 Å². The molecule has 4 heteroatoms. The van der Waals surface area contributed by atoms with Crippen molar-refractivity contribution in [1.29, 1.82) is 0 Å². The summed E-state index contributed by atoms with van der Waals surface area (Å²) in [5, 5.41) is 0. The molecule has 1 N–H and O–H groups in total. The summed E-state index contributed by atoms with van der Waals surface area (Å²) in [6, 6.07) is 8.37. The van der Waals surface area contributed by atoms with Crippen LogP contribution in [0.4, 0.5) is 0 Å². The van der Waals surface area contributed by atoms with Crippen LogP contribution < -0.4 is 4.57 Å². The van der Waals surface area contributed by atoms with Crippen molar-refractivity contribution in [1.82, 2.24) is 9.97 Å². The van der Waals surface area contributed by atoms with Crippen molar-refractivity contribution in [2.24, 2.45) is 0 Å². The van der Waals surface area contributed by atoms with Gasteiger partial charge < -0.3 is 4.98 Å². The van der Waals surface area contributed by atoms with Crippen LogP contribution in [0.1, 0.15) is 18.9 Å². The molecule has 0 radical (unpaired) electrons. The Morgan fingerprint density at radius 1 is 1.25 bits per heavy atom. The summed E-state index contributed by atoms with van der Waals surface area (Å²) in [5.74, 6) is 0.914. The SMILES string of the molecule is CCC[n+]1cc(Br)cc(-c2nc3ccc(C)cc3[nH]2)c1. The number of hydrogen-bond acceptors (Lipinski definition) is 1. The third-order valence-corrected chi connectivity index (χ3v) is 3.71. The number of pyridine rings is 1. The van der Waals surface area contributed by atoms with Crippen LogP contribution in [-0.2, 0) is 6.54 Å². The standard InChI is InChI=1S/C16H17BrN3/c1-3-6-20-9-12(8-13(17)10-20)16-18-14-5-4-11(2)7-15(14)19-16/h4-5,7-10H,3,6H2,1-2H3,(H,18,19)/q+1. The van der Waals surface area contributed by atoms with E-state index in [0.717, 1.165) is 39.9 Å². The summed E-state index contributed by atoms with van der Waals surface area (Å²) >= 11 is 3.57. The van der Waals surface area contributed by atoms with E-state index in [1.807, 2.05) is 0 Å². The van der Waals surface area contributed by atoms with E-state index in [4.69, 9.17) is 0 Å². The zero-order valence-corrected chi connectivity index (χ0v) is 13.2. The molecule has 0 aliphatic heterocycles. The van der Waals surface area contributed by atoms with Crippen molar-refractivity contribution in [2.75, 3.05) is 0 Å². The van der Waals surface area contributed by atoms with Crippen LogP contribution in [0, 0.1) is 6.92 Å². The average molecular weight is 331 g/mol. The fraction of sp³-hybridized carbons (Fsp3) is 0.250. The van der Waals surface area contributed by atoms with Gasteiger partial charge in [0.15, 0.2) is 12.4 Å². The fourth-order valence-electron chi connectivity index (χ4n) is 2.37. The maximum Gasteiger partial charge on any atom is 0.183 e. The zero-order valence-electron chi connectivity index (χ0n) is 11.7. The molecule has 2 aromatic heterocycles. The zero-order chi connectivity index (χ0) is 14.1. The Morgan fingerprint density at radius 3 is 2.90 bits per heavy atom. The van der Waals surface area contributed by atoms with Gasteiger partial charge in [0.2, 0.25) is 0 Å². The number of fused-ring (bicyclic) bond motifs is 1. The molecule has 0 aliphatic rings. The lowest BCUT2D eigenvalue weighted by Crippen LogP contribution is -2.32. The monoisotopic (exact) mass is 330 g/mol. The van der Waals surface area contributed by atoms with Crippen molar-refractivity contribution in [3.05, 3.63) is 46.7 Å². The molecule has 0 atom stereocenters. The number of benzene rings is 1. The molecule has 20 heavy (non-hydrogen) atoms. The lowest BCUT2D eigenvalue weighted by Gasteiger charge is -1.99. The van der Waals surface area contributed by atoms with Crippen molar-refractivity contribution >= 4 is 27.0 Å². The molecule has 2 heterocycles. The highest BCUT2D eigenvalue weighted by molar-refractivity contribution is 9.10. The normalized spacial score (nSPS) is 11.2. The largest absolute Gasteiger partial charge is 0.338 e. The minimum atomic E-state index is 0.914. The number of halogens is 1. The quantitative estimate of drug-likeness (QED) is 0.723. The summed E-state index contributed by atoms with van der Waals surface area (Å²) in [6.45, 7) is 5.28. The predicted octanol–water partition coefficient (Wildman–Crippen LogP) is 4.00. The van der Waals surface area contributed by atoms with Crippen LogP contribution >= 0.6 is 15.9 Å². The van der Waals surface area contributed by atoms with Crippen molar-refractivity contribution in [3.8, 4) is 11.4 Å². The number of hydrogen-bond donors (Lipinski definition) is 1. The van der Waals surface area contributed by atoms with Crippen LogP contribution in [0.15, 0.2) is 41.1 Å². The predicted molar refractivity (Wildman–Crippen MR) is 84.5 cm³/mol. The second kappa shape index (κ2) is 5.37.